The predicted molar refractivity (Wildman–Crippen MR) is 80.9 cm³/mol. The minimum atomic E-state index is -0.458. The van der Waals surface area contributed by atoms with Crippen LogP contribution in [0.2, 0.25) is 0 Å². The summed E-state index contributed by atoms with van der Waals surface area (Å²) in [6, 6.07) is 8.28. The van der Waals surface area contributed by atoms with Crippen LogP contribution in [0.5, 0.6) is 0 Å². The largest absolute Gasteiger partial charge is 0.338 e. The lowest BCUT2D eigenvalue weighted by molar-refractivity contribution is -0.384. The molecular formula is C16H19N3O3. The number of nitrogens with zero attached hydrogens (tertiary/aromatic N) is 3. The Morgan fingerprint density at radius 3 is 2.59 bits per heavy atom. The van der Waals surface area contributed by atoms with E-state index in [4.69, 9.17) is 5.26 Å². The maximum absolute atomic E-state index is 12.5. The average Bonchev–Trinajstić information content (AvgIpc) is 3.32. The molecule has 1 aromatic carbocycles. The number of rotatable bonds is 7. The molecule has 1 aliphatic carbocycles. The number of non-ortho nitro benzene ring substituents is 1. The summed E-state index contributed by atoms with van der Waals surface area (Å²) >= 11 is 0. The Labute approximate surface area is 129 Å². The molecule has 0 heterocycles. The standard InChI is InChI=1S/C16H19N3O3/c1-12(14-5-6-14)18(10-2-9-17)16(20)11-13-3-7-15(8-4-13)19(21)22/h3-4,7-8,12,14H,2,5-6,10-11H2,1H3/t12-/m1/s1. The van der Waals surface area contributed by atoms with Crippen molar-refractivity contribution in [3.63, 3.8) is 0 Å². The topological polar surface area (TPSA) is 87.2 Å². The lowest BCUT2D eigenvalue weighted by Gasteiger charge is -2.29. The molecule has 0 spiro atoms. The molecule has 0 saturated heterocycles. The predicted octanol–water partition coefficient (Wildman–Crippen LogP) is 2.68. The molecule has 22 heavy (non-hydrogen) atoms. The van der Waals surface area contributed by atoms with Gasteiger partial charge in [0.15, 0.2) is 0 Å². The highest BCUT2D eigenvalue weighted by Crippen LogP contribution is 2.35. The molecule has 0 aliphatic heterocycles. The number of amides is 1. The number of carbonyl (C=O) groups is 1. The van der Waals surface area contributed by atoms with Gasteiger partial charge in [-0.05, 0) is 31.2 Å². The molecule has 0 radical (unpaired) electrons. The van der Waals surface area contributed by atoms with Crippen molar-refractivity contribution >= 4 is 11.6 Å². The Morgan fingerprint density at radius 2 is 2.09 bits per heavy atom. The first-order valence-corrected chi connectivity index (χ1v) is 7.42. The van der Waals surface area contributed by atoms with Gasteiger partial charge in [0.1, 0.15) is 0 Å². The van der Waals surface area contributed by atoms with E-state index in [0.717, 1.165) is 18.4 Å². The highest BCUT2D eigenvalue weighted by atomic mass is 16.6. The molecule has 1 aliphatic rings. The SMILES string of the molecule is C[C@H](C1CC1)N(CCC#N)C(=O)Cc1ccc([N+](=O)[O-])cc1. The van der Waals surface area contributed by atoms with Gasteiger partial charge >= 0.3 is 0 Å². The summed E-state index contributed by atoms with van der Waals surface area (Å²) in [7, 11) is 0. The van der Waals surface area contributed by atoms with Gasteiger partial charge in [-0.2, -0.15) is 5.26 Å². The molecule has 1 saturated carbocycles. The van der Waals surface area contributed by atoms with E-state index in [1.165, 1.54) is 12.1 Å². The number of nitro benzene ring substituents is 1. The van der Waals surface area contributed by atoms with E-state index in [2.05, 4.69) is 6.07 Å². The number of hydrogen-bond donors (Lipinski definition) is 0. The van der Waals surface area contributed by atoms with Crippen molar-refractivity contribution in [1.29, 1.82) is 5.26 Å². The summed E-state index contributed by atoms with van der Waals surface area (Å²) in [6.45, 7) is 2.47. The third-order valence-corrected chi connectivity index (χ3v) is 4.08. The summed E-state index contributed by atoms with van der Waals surface area (Å²) in [5, 5.41) is 19.4. The molecule has 0 N–H and O–H groups in total. The van der Waals surface area contributed by atoms with Crippen molar-refractivity contribution < 1.29 is 9.72 Å². The van der Waals surface area contributed by atoms with Crippen molar-refractivity contribution in [1.82, 2.24) is 4.90 Å². The minimum absolute atomic E-state index is 0.0175. The van der Waals surface area contributed by atoms with Crippen LogP contribution in [0.25, 0.3) is 0 Å². The zero-order valence-corrected chi connectivity index (χ0v) is 12.6. The number of carbonyl (C=O) groups excluding carboxylic acids is 1. The van der Waals surface area contributed by atoms with Gasteiger partial charge < -0.3 is 4.90 Å². The zero-order valence-electron chi connectivity index (χ0n) is 12.6. The van der Waals surface area contributed by atoms with Crippen molar-refractivity contribution in [2.24, 2.45) is 5.92 Å². The molecule has 116 valence electrons. The second-order valence-corrected chi connectivity index (χ2v) is 5.67. The van der Waals surface area contributed by atoms with Gasteiger partial charge in [0, 0.05) is 24.7 Å². The number of hydrogen-bond acceptors (Lipinski definition) is 4. The zero-order chi connectivity index (χ0) is 16.1. The maximum atomic E-state index is 12.5. The van der Waals surface area contributed by atoms with Gasteiger partial charge in [-0.15, -0.1) is 0 Å². The normalized spacial score (nSPS) is 14.9. The summed E-state index contributed by atoms with van der Waals surface area (Å²) in [5.74, 6) is 0.517. The van der Waals surface area contributed by atoms with Crippen LogP contribution in [0.4, 0.5) is 5.69 Å². The van der Waals surface area contributed by atoms with Crippen molar-refractivity contribution in [2.45, 2.75) is 38.6 Å². The summed E-state index contributed by atoms with van der Waals surface area (Å²) in [5.41, 5.74) is 0.768. The molecule has 6 nitrogen and oxygen atoms in total. The second kappa shape index (κ2) is 7.03. The van der Waals surface area contributed by atoms with Crippen LogP contribution in [-0.4, -0.2) is 28.3 Å². The third-order valence-electron chi connectivity index (χ3n) is 4.08. The van der Waals surface area contributed by atoms with Gasteiger partial charge in [0.05, 0.1) is 23.8 Å². The first-order chi connectivity index (χ1) is 10.5. The Hall–Kier alpha value is -2.42. The van der Waals surface area contributed by atoms with E-state index in [9.17, 15) is 14.9 Å². The lowest BCUT2D eigenvalue weighted by Crippen LogP contribution is -2.41. The summed E-state index contributed by atoms with van der Waals surface area (Å²) in [6.07, 6.45) is 2.80. The van der Waals surface area contributed by atoms with Crippen LogP contribution in [-0.2, 0) is 11.2 Å². The van der Waals surface area contributed by atoms with E-state index in [1.807, 2.05) is 6.92 Å². The Bertz CT molecular complexity index is 588. The molecular weight excluding hydrogens is 282 g/mol. The fourth-order valence-corrected chi connectivity index (χ4v) is 2.57. The quantitative estimate of drug-likeness (QED) is 0.572. The molecule has 1 amide bonds. The fraction of sp³-hybridized carbons (Fsp3) is 0.500. The van der Waals surface area contributed by atoms with Crippen molar-refractivity contribution in [3.8, 4) is 6.07 Å². The van der Waals surface area contributed by atoms with Gasteiger partial charge in [0.2, 0.25) is 5.91 Å². The van der Waals surface area contributed by atoms with E-state index in [1.54, 1.807) is 17.0 Å². The summed E-state index contributed by atoms with van der Waals surface area (Å²) in [4.78, 5) is 24.4. The third kappa shape index (κ3) is 4.04. The fourth-order valence-electron chi connectivity index (χ4n) is 2.57. The van der Waals surface area contributed by atoms with Crippen LogP contribution >= 0.6 is 0 Å². The molecule has 0 aromatic heterocycles. The molecule has 1 fully saturated rings. The van der Waals surface area contributed by atoms with Gasteiger partial charge in [-0.3, -0.25) is 14.9 Å². The summed E-state index contributed by atoms with van der Waals surface area (Å²) < 4.78 is 0. The monoisotopic (exact) mass is 301 g/mol. The van der Waals surface area contributed by atoms with Crippen LogP contribution in [0, 0.1) is 27.4 Å². The van der Waals surface area contributed by atoms with E-state index >= 15 is 0 Å². The number of nitro groups is 1. The van der Waals surface area contributed by atoms with Gasteiger partial charge in [0.25, 0.3) is 5.69 Å². The molecule has 1 aromatic rings. The highest BCUT2D eigenvalue weighted by molar-refractivity contribution is 5.79. The Morgan fingerprint density at radius 1 is 1.45 bits per heavy atom. The molecule has 2 rings (SSSR count). The molecule has 0 unspecified atom stereocenters. The highest BCUT2D eigenvalue weighted by Gasteiger charge is 2.33. The minimum Gasteiger partial charge on any atom is -0.338 e. The molecule has 1 atom stereocenters. The maximum Gasteiger partial charge on any atom is 0.269 e. The van der Waals surface area contributed by atoms with Crippen molar-refractivity contribution in [2.75, 3.05) is 6.54 Å². The van der Waals surface area contributed by atoms with Crippen molar-refractivity contribution in [3.05, 3.63) is 39.9 Å². The van der Waals surface area contributed by atoms with Crippen LogP contribution in [0.1, 0.15) is 31.7 Å². The molecule has 0 bridgehead atoms. The van der Waals surface area contributed by atoms with E-state index in [-0.39, 0.29) is 24.1 Å². The first kappa shape index (κ1) is 16.0. The van der Waals surface area contributed by atoms with Crippen LogP contribution in [0.15, 0.2) is 24.3 Å². The van der Waals surface area contributed by atoms with Crippen LogP contribution < -0.4 is 0 Å². The van der Waals surface area contributed by atoms with E-state index in [0.29, 0.717) is 18.9 Å². The van der Waals surface area contributed by atoms with Gasteiger partial charge in [-0.1, -0.05) is 12.1 Å². The Balaban J connectivity index is 2.03. The smallest absolute Gasteiger partial charge is 0.269 e. The Kier molecular flexibility index (Phi) is 5.10. The number of nitriles is 1. The van der Waals surface area contributed by atoms with Gasteiger partial charge in [-0.25, -0.2) is 0 Å². The lowest BCUT2D eigenvalue weighted by atomic mass is 10.1. The second-order valence-electron chi connectivity index (χ2n) is 5.67. The average molecular weight is 301 g/mol. The van der Waals surface area contributed by atoms with Crippen LogP contribution in [0.3, 0.4) is 0 Å². The molecule has 6 heteroatoms. The number of benzene rings is 1. The van der Waals surface area contributed by atoms with E-state index < -0.39 is 4.92 Å². The first-order valence-electron chi connectivity index (χ1n) is 7.42.